The standard InChI is InChI=1S/C15H19FN2O3/c1-17-13-9-14(15(13)6-2-3-7-15)21-12-5-4-10(16)8-11(12)18(19)20/h4-5,8,13-14,17H,2-3,6-7,9H2,1H3. The summed E-state index contributed by atoms with van der Waals surface area (Å²) in [6.45, 7) is 0. The molecule has 2 fully saturated rings. The van der Waals surface area contributed by atoms with Crippen LogP contribution in [0.1, 0.15) is 32.1 Å². The molecule has 0 bridgehead atoms. The lowest BCUT2D eigenvalue weighted by Crippen LogP contribution is -2.63. The number of halogens is 1. The van der Waals surface area contributed by atoms with Crippen molar-refractivity contribution in [2.24, 2.45) is 5.41 Å². The molecule has 114 valence electrons. The van der Waals surface area contributed by atoms with Crippen molar-refractivity contribution in [2.45, 2.75) is 44.2 Å². The van der Waals surface area contributed by atoms with Crippen molar-refractivity contribution >= 4 is 5.69 Å². The fraction of sp³-hybridized carbons (Fsp3) is 0.600. The van der Waals surface area contributed by atoms with Gasteiger partial charge in [0.05, 0.1) is 11.0 Å². The predicted octanol–water partition coefficient (Wildman–Crippen LogP) is 3.03. The minimum absolute atomic E-state index is 0.0263. The molecular formula is C15H19FN2O3. The van der Waals surface area contributed by atoms with Crippen LogP contribution in [0.15, 0.2) is 18.2 Å². The fourth-order valence-corrected chi connectivity index (χ4v) is 3.91. The average molecular weight is 294 g/mol. The lowest BCUT2D eigenvalue weighted by atomic mass is 9.60. The highest BCUT2D eigenvalue weighted by atomic mass is 19.1. The summed E-state index contributed by atoms with van der Waals surface area (Å²) in [6, 6.07) is 3.90. The van der Waals surface area contributed by atoms with Gasteiger partial charge >= 0.3 is 5.69 Å². The molecular weight excluding hydrogens is 275 g/mol. The number of nitrogens with one attached hydrogen (secondary N) is 1. The van der Waals surface area contributed by atoms with Crippen molar-refractivity contribution in [3.63, 3.8) is 0 Å². The van der Waals surface area contributed by atoms with E-state index in [4.69, 9.17) is 4.74 Å². The number of rotatable bonds is 4. The van der Waals surface area contributed by atoms with E-state index in [1.807, 2.05) is 7.05 Å². The van der Waals surface area contributed by atoms with Gasteiger partial charge in [-0.1, -0.05) is 12.8 Å². The molecule has 2 aliphatic rings. The minimum atomic E-state index is -0.619. The molecule has 0 amide bonds. The summed E-state index contributed by atoms with van der Waals surface area (Å²) in [5.41, 5.74) is -0.215. The molecule has 3 rings (SSSR count). The molecule has 0 heterocycles. The van der Waals surface area contributed by atoms with Gasteiger partial charge in [-0.15, -0.1) is 0 Å². The Balaban J connectivity index is 1.83. The normalized spacial score (nSPS) is 26.6. The van der Waals surface area contributed by atoms with E-state index in [1.165, 1.54) is 25.0 Å². The smallest absolute Gasteiger partial charge is 0.313 e. The van der Waals surface area contributed by atoms with Crippen LogP contribution in [0.4, 0.5) is 10.1 Å². The summed E-state index contributed by atoms with van der Waals surface area (Å²) in [7, 11) is 1.95. The Morgan fingerprint density at radius 3 is 2.76 bits per heavy atom. The summed E-state index contributed by atoms with van der Waals surface area (Å²) in [6.07, 6.45) is 5.32. The van der Waals surface area contributed by atoms with Crippen LogP contribution in [-0.4, -0.2) is 24.1 Å². The maximum absolute atomic E-state index is 13.2. The van der Waals surface area contributed by atoms with Gasteiger partial charge in [0.25, 0.3) is 0 Å². The summed E-state index contributed by atoms with van der Waals surface area (Å²) in [4.78, 5) is 10.5. The fourth-order valence-electron chi connectivity index (χ4n) is 3.91. The maximum Gasteiger partial charge on any atom is 0.313 e. The van der Waals surface area contributed by atoms with Gasteiger partial charge in [-0.2, -0.15) is 0 Å². The molecule has 1 N–H and O–H groups in total. The molecule has 2 unspecified atom stereocenters. The van der Waals surface area contributed by atoms with Gasteiger partial charge in [0, 0.05) is 17.9 Å². The lowest BCUT2D eigenvalue weighted by molar-refractivity contribution is -0.386. The molecule has 0 saturated heterocycles. The molecule has 2 atom stereocenters. The zero-order chi connectivity index (χ0) is 15.0. The molecule has 0 aromatic heterocycles. The van der Waals surface area contributed by atoms with E-state index >= 15 is 0 Å². The third-order valence-electron chi connectivity index (χ3n) is 5.05. The quantitative estimate of drug-likeness (QED) is 0.685. The van der Waals surface area contributed by atoms with Gasteiger partial charge in [-0.3, -0.25) is 10.1 Å². The van der Waals surface area contributed by atoms with Crippen molar-refractivity contribution in [1.29, 1.82) is 0 Å². The number of hydrogen-bond donors (Lipinski definition) is 1. The Kier molecular flexibility index (Phi) is 3.57. The summed E-state index contributed by atoms with van der Waals surface area (Å²) >= 11 is 0. The number of hydrogen-bond acceptors (Lipinski definition) is 4. The van der Waals surface area contributed by atoms with Crippen LogP contribution in [0.25, 0.3) is 0 Å². The highest BCUT2D eigenvalue weighted by Crippen LogP contribution is 2.55. The van der Waals surface area contributed by atoms with E-state index in [-0.39, 0.29) is 23.0 Å². The number of ether oxygens (including phenoxy) is 1. The molecule has 1 spiro atoms. The first-order valence-corrected chi connectivity index (χ1v) is 7.35. The lowest BCUT2D eigenvalue weighted by Gasteiger charge is -2.53. The zero-order valence-corrected chi connectivity index (χ0v) is 12.0. The Morgan fingerprint density at radius 1 is 1.43 bits per heavy atom. The van der Waals surface area contributed by atoms with E-state index in [1.54, 1.807) is 0 Å². The Morgan fingerprint density at radius 2 is 2.14 bits per heavy atom. The van der Waals surface area contributed by atoms with Crippen LogP contribution in [0.2, 0.25) is 0 Å². The van der Waals surface area contributed by atoms with Crippen molar-refractivity contribution in [3.8, 4) is 5.75 Å². The number of nitrogens with zero attached hydrogens (tertiary/aromatic N) is 1. The third kappa shape index (κ3) is 2.27. The van der Waals surface area contributed by atoms with Gasteiger partial charge in [0.1, 0.15) is 11.9 Å². The third-order valence-corrected chi connectivity index (χ3v) is 5.05. The first-order chi connectivity index (χ1) is 10.1. The summed E-state index contributed by atoms with van der Waals surface area (Å²) in [5.74, 6) is -0.446. The molecule has 0 aliphatic heterocycles. The monoisotopic (exact) mass is 294 g/mol. The molecule has 6 heteroatoms. The van der Waals surface area contributed by atoms with Crippen molar-refractivity contribution < 1.29 is 14.1 Å². The Labute approximate surface area is 122 Å². The molecule has 1 aromatic carbocycles. The second-order valence-corrected chi connectivity index (χ2v) is 5.99. The topological polar surface area (TPSA) is 64.4 Å². The van der Waals surface area contributed by atoms with Gasteiger partial charge in [-0.05, 0) is 32.0 Å². The van der Waals surface area contributed by atoms with Crippen LogP contribution in [0.5, 0.6) is 5.75 Å². The molecule has 0 radical (unpaired) electrons. The second kappa shape index (κ2) is 5.26. The largest absolute Gasteiger partial charge is 0.483 e. The van der Waals surface area contributed by atoms with E-state index < -0.39 is 10.7 Å². The van der Waals surface area contributed by atoms with E-state index in [9.17, 15) is 14.5 Å². The SMILES string of the molecule is CNC1CC(Oc2ccc(F)cc2[N+](=O)[O-])C12CCCC2. The Hall–Kier alpha value is -1.69. The highest BCUT2D eigenvalue weighted by Gasteiger charge is 2.57. The van der Waals surface area contributed by atoms with Crippen LogP contribution < -0.4 is 10.1 Å². The van der Waals surface area contributed by atoms with Crippen LogP contribution in [0.3, 0.4) is 0 Å². The van der Waals surface area contributed by atoms with Gasteiger partial charge in [0.2, 0.25) is 0 Å². The predicted molar refractivity (Wildman–Crippen MR) is 75.8 cm³/mol. The molecule has 2 aliphatic carbocycles. The minimum Gasteiger partial charge on any atom is -0.483 e. The van der Waals surface area contributed by atoms with Crippen molar-refractivity contribution in [2.75, 3.05) is 7.05 Å². The van der Waals surface area contributed by atoms with Crippen molar-refractivity contribution in [1.82, 2.24) is 5.32 Å². The van der Waals surface area contributed by atoms with Crippen LogP contribution in [0, 0.1) is 21.3 Å². The molecule has 1 aromatic rings. The highest BCUT2D eigenvalue weighted by molar-refractivity contribution is 5.46. The molecule has 5 nitrogen and oxygen atoms in total. The van der Waals surface area contributed by atoms with E-state index in [0.29, 0.717) is 6.04 Å². The maximum atomic E-state index is 13.2. The summed E-state index contributed by atoms with van der Waals surface area (Å²) < 4.78 is 19.1. The molecule has 21 heavy (non-hydrogen) atoms. The number of nitro groups is 1. The van der Waals surface area contributed by atoms with Crippen LogP contribution in [-0.2, 0) is 0 Å². The first-order valence-electron chi connectivity index (χ1n) is 7.35. The van der Waals surface area contributed by atoms with Crippen LogP contribution >= 0.6 is 0 Å². The van der Waals surface area contributed by atoms with Crippen molar-refractivity contribution in [3.05, 3.63) is 34.1 Å². The Bertz CT molecular complexity index is 558. The second-order valence-electron chi connectivity index (χ2n) is 5.99. The average Bonchev–Trinajstić information content (AvgIpc) is 2.96. The first kappa shape index (κ1) is 14.3. The van der Waals surface area contributed by atoms with Gasteiger partial charge in [0.15, 0.2) is 5.75 Å². The van der Waals surface area contributed by atoms with Gasteiger partial charge in [-0.25, -0.2) is 4.39 Å². The van der Waals surface area contributed by atoms with E-state index in [0.717, 1.165) is 25.3 Å². The van der Waals surface area contributed by atoms with E-state index in [2.05, 4.69) is 5.32 Å². The number of nitro benzene ring substituents is 1. The zero-order valence-electron chi connectivity index (χ0n) is 12.0. The van der Waals surface area contributed by atoms with Gasteiger partial charge < -0.3 is 10.1 Å². The summed E-state index contributed by atoms with van der Waals surface area (Å²) in [5, 5.41) is 14.4. The molecule has 2 saturated carbocycles. The number of benzene rings is 1.